The van der Waals surface area contributed by atoms with Gasteiger partial charge in [0.25, 0.3) is 5.69 Å². The highest BCUT2D eigenvalue weighted by Crippen LogP contribution is 2.20. The number of rotatable bonds is 5. The average molecular weight is 250 g/mol. The Morgan fingerprint density at radius 3 is 3.17 bits per heavy atom. The lowest BCUT2D eigenvalue weighted by Gasteiger charge is -2.11. The minimum absolute atomic E-state index is 0.117. The predicted molar refractivity (Wildman–Crippen MR) is 69.8 cm³/mol. The van der Waals surface area contributed by atoms with Crippen molar-refractivity contribution in [3.8, 4) is 0 Å². The summed E-state index contributed by atoms with van der Waals surface area (Å²) in [5, 5.41) is 17.3. The van der Waals surface area contributed by atoms with Crippen LogP contribution in [0.25, 0.3) is 0 Å². The average Bonchev–Trinajstić information content (AvgIpc) is 2.84. The van der Waals surface area contributed by atoms with Crippen LogP contribution in [0.4, 0.5) is 11.5 Å². The molecule has 1 aliphatic rings. The maximum Gasteiger partial charge on any atom is 0.277 e. The predicted octanol–water partition coefficient (Wildman–Crippen LogP) is 1.85. The van der Waals surface area contributed by atoms with Crippen LogP contribution in [0, 0.1) is 17.0 Å². The number of anilines is 1. The zero-order valence-corrected chi connectivity index (χ0v) is 10.5. The van der Waals surface area contributed by atoms with E-state index >= 15 is 0 Å². The van der Waals surface area contributed by atoms with Crippen LogP contribution >= 0.6 is 0 Å². The Hall–Kier alpha value is -1.69. The third-order valence-corrected chi connectivity index (χ3v) is 3.23. The zero-order chi connectivity index (χ0) is 13.0. The summed E-state index contributed by atoms with van der Waals surface area (Å²) < 4.78 is 0. The van der Waals surface area contributed by atoms with Gasteiger partial charge in [0.15, 0.2) is 0 Å². The van der Waals surface area contributed by atoms with Gasteiger partial charge in [-0.15, -0.1) is 0 Å². The Labute approximate surface area is 106 Å². The first-order valence-electron chi connectivity index (χ1n) is 6.25. The molecule has 1 aromatic heterocycles. The fraction of sp³-hybridized carbons (Fsp3) is 0.583. The Kier molecular flexibility index (Phi) is 4.09. The second kappa shape index (κ2) is 5.77. The Morgan fingerprint density at radius 1 is 1.67 bits per heavy atom. The van der Waals surface area contributed by atoms with Crippen molar-refractivity contribution in [1.82, 2.24) is 10.3 Å². The van der Waals surface area contributed by atoms with E-state index < -0.39 is 0 Å². The first-order chi connectivity index (χ1) is 8.66. The number of hydrogen-bond acceptors (Lipinski definition) is 5. The van der Waals surface area contributed by atoms with Gasteiger partial charge < -0.3 is 10.6 Å². The normalized spacial score (nSPS) is 18.8. The highest BCUT2D eigenvalue weighted by molar-refractivity contribution is 5.48. The number of aromatic nitrogens is 1. The second-order valence-corrected chi connectivity index (χ2v) is 4.62. The van der Waals surface area contributed by atoms with Crippen molar-refractivity contribution < 1.29 is 4.92 Å². The van der Waals surface area contributed by atoms with E-state index in [-0.39, 0.29) is 10.6 Å². The molecule has 1 saturated heterocycles. The van der Waals surface area contributed by atoms with Crippen molar-refractivity contribution in [2.75, 3.05) is 18.4 Å². The Bertz CT molecular complexity index is 430. The highest BCUT2D eigenvalue weighted by atomic mass is 16.6. The summed E-state index contributed by atoms with van der Waals surface area (Å²) in [7, 11) is 0. The monoisotopic (exact) mass is 250 g/mol. The standard InChI is InChI=1S/C12H18N4O2/c1-9-8-15-12(7-11(9)16(17)18)14-6-4-10-3-2-5-13-10/h7-8,10,13H,2-6H2,1H3,(H,14,15). The SMILES string of the molecule is Cc1cnc(NCCC2CCCN2)cc1[N+](=O)[O-]. The molecule has 2 rings (SSSR count). The van der Waals surface area contributed by atoms with Gasteiger partial charge in [-0.05, 0) is 32.7 Å². The molecule has 0 radical (unpaired) electrons. The molecule has 1 unspecified atom stereocenters. The molecule has 0 spiro atoms. The molecule has 1 aromatic rings. The van der Waals surface area contributed by atoms with Crippen molar-refractivity contribution in [2.45, 2.75) is 32.2 Å². The van der Waals surface area contributed by atoms with Gasteiger partial charge in [0, 0.05) is 24.3 Å². The molecule has 0 saturated carbocycles. The van der Waals surface area contributed by atoms with E-state index in [0.717, 1.165) is 19.5 Å². The number of nitrogens with zero attached hydrogens (tertiary/aromatic N) is 2. The largest absolute Gasteiger partial charge is 0.370 e. The van der Waals surface area contributed by atoms with Gasteiger partial charge in [-0.3, -0.25) is 10.1 Å². The van der Waals surface area contributed by atoms with Crippen molar-refractivity contribution in [3.63, 3.8) is 0 Å². The minimum atomic E-state index is -0.374. The van der Waals surface area contributed by atoms with Crippen LogP contribution in [0.2, 0.25) is 0 Å². The van der Waals surface area contributed by atoms with Crippen LogP contribution in [0.15, 0.2) is 12.3 Å². The molecule has 0 bridgehead atoms. The number of hydrogen-bond donors (Lipinski definition) is 2. The molecule has 0 aliphatic carbocycles. The smallest absolute Gasteiger partial charge is 0.277 e. The first-order valence-corrected chi connectivity index (χ1v) is 6.25. The van der Waals surface area contributed by atoms with Crippen molar-refractivity contribution in [1.29, 1.82) is 0 Å². The van der Waals surface area contributed by atoms with Gasteiger partial charge in [-0.2, -0.15) is 0 Å². The van der Waals surface area contributed by atoms with E-state index in [1.807, 2.05) is 0 Å². The van der Waals surface area contributed by atoms with Crippen molar-refractivity contribution >= 4 is 11.5 Å². The maximum atomic E-state index is 10.8. The molecule has 98 valence electrons. The van der Waals surface area contributed by atoms with Crippen LogP contribution in [0.3, 0.4) is 0 Å². The van der Waals surface area contributed by atoms with Gasteiger partial charge in [0.05, 0.1) is 11.0 Å². The van der Waals surface area contributed by atoms with E-state index in [2.05, 4.69) is 15.6 Å². The summed E-state index contributed by atoms with van der Waals surface area (Å²) in [4.78, 5) is 14.6. The molecule has 2 N–H and O–H groups in total. The topological polar surface area (TPSA) is 80.1 Å². The zero-order valence-electron chi connectivity index (χ0n) is 10.5. The molecule has 0 aromatic carbocycles. The summed E-state index contributed by atoms with van der Waals surface area (Å²) in [5.74, 6) is 0.574. The molecule has 2 heterocycles. The summed E-state index contributed by atoms with van der Waals surface area (Å²) in [6.07, 6.45) is 5.00. The number of pyridine rings is 1. The third kappa shape index (κ3) is 3.16. The highest BCUT2D eigenvalue weighted by Gasteiger charge is 2.14. The van der Waals surface area contributed by atoms with E-state index in [4.69, 9.17) is 0 Å². The summed E-state index contributed by atoms with van der Waals surface area (Å²) in [6.45, 7) is 3.57. The number of nitro groups is 1. The van der Waals surface area contributed by atoms with E-state index in [0.29, 0.717) is 17.4 Å². The van der Waals surface area contributed by atoms with Gasteiger partial charge in [-0.25, -0.2) is 4.98 Å². The Morgan fingerprint density at radius 2 is 2.50 bits per heavy atom. The van der Waals surface area contributed by atoms with Gasteiger partial charge in [0.2, 0.25) is 0 Å². The number of nitrogens with one attached hydrogen (secondary N) is 2. The van der Waals surface area contributed by atoms with Gasteiger partial charge in [-0.1, -0.05) is 0 Å². The first kappa shape index (κ1) is 12.8. The Balaban J connectivity index is 1.88. The van der Waals surface area contributed by atoms with Crippen LogP contribution in [0.5, 0.6) is 0 Å². The van der Waals surface area contributed by atoms with Crippen LogP contribution < -0.4 is 10.6 Å². The third-order valence-electron chi connectivity index (χ3n) is 3.23. The van der Waals surface area contributed by atoms with Crippen LogP contribution in [-0.2, 0) is 0 Å². The molecular formula is C12H18N4O2. The molecule has 1 fully saturated rings. The molecule has 6 nitrogen and oxygen atoms in total. The molecule has 1 aliphatic heterocycles. The fourth-order valence-corrected chi connectivity index (χ4v) is 2.18. The summed E-state index contributed by atoms with van der Waals surface area (Å²) >= 11 is 0. The molecule has 6 heteroatoms. The lowest BCUT2D eigenvalue weighted by molar-refractivity contribution is -0.385. The van der Waals surface area contributed by atoms with Crippen molar-refractivity contribution in [3.05, 3.63) is 27.9 Å². The molecule has 18 heavy (non-hydrogen) atoms. The summed E-state index contributed by atoms with van der Waals surface area (Å²) in [5.41, 5.74) is 0.703. The van der Waals surface area contributed by atoms with E-state index in [1.54, 1.807) is 6.92 Å². The van der Waals surface area contributed by atoms with Crippen LogP contribution in [0.1, 0.15) is 24.8 Å². The minimum Gasteiger partial charge on any atom is -0.370 e. The molecular weight excluding hydrogens is 232 g/mol. The maximum absolute atomic E-state index is 10.8. The van der Waals surface area contributed by atoms with Crippen molar-refractivity contribution in [2.24, 2.45) is 0 Å². The van der Waals surface area contributed by atoms with Gasteiger partial charge in [0.1, 0.15) is 5.82 Å². The van der Waals surface area contributed by atoms with Crippen LogP contribution in [-0.4, -0.2) is 29.0 Å². The molecule has 1 atom stereocenters. The summed E-state index contributed by atoms with van der Waals surface area (Å²) in [6, 6.07) is 2.06. The number of aryl methyl sites for hydroxylation is 1. The van der Waals surface area contributed by atoms with Gasteiger partial charge >= 0.3 is 0 Å². The molecule has 0 amide bonds. The quantitative estimate of drug-likeness (QED) is 0.615. The fourth-order valence-electron chi connectivity index (χ4n) is 2.18. The van der Waals surface area contributed by atoms with E-state index in [1.165, 1.54) is 25.1 Å². The lowest BCUT2D eigenvalue weighted by Crippen LogP contribution is -2.24. The second-order valence-electron chi connectivity index (χ2n) is 4.62. The lowest BCUT2D eigenvalue weighted by atomic mass is 10.1. The van der Waals surface area contributed by atoms with E-state index in [9.17, 15) is 10.1 Å².